The summed E-state index contributed by atoms with van der Waals surface area (Å²) in [6, 6.07) is 1.13. The number of piperidine rings is 1. The lowest BCUT2D eigenvalue weighted by Crippen LogP contribution is -2.48. The first kappa shape index (κ1) is 22.0. The Balaban J connectivity index is 0.00000288. The van der Waals surface area contributed by atoms with Gasteiger partial charge in [0, 0.05) is 45.3 Å². The average molecular weight is 451 g/mol. The van der Waals surface area contributed by atoms with Crippen molar-refractivity contribution in [2.45, 2.75) is 52.6 Å². The predicted molar refractivity (Wildman–Crippen MR) is 114 cm³/mol. The zero-order chi connectivity index (χ0) is 16.8. The van der Waals surface area contributed by atoms with Crippen molar-refractivity contribution >= 4 is 29.9 Å². The van der Waals surface area contributed by atoms with Gasteiger partial charge in [0.25, 0.3) is 0 Å². The number of likely N-dealkylation sites (tertiary alicyclic amines) is 2. The quantitative estimate of drug-likeness (QED) is 0.382. The molecule has 2 atom stereocenters. The highest BCUT2D eigenvalue weighted by Gasteiger charge is 2.31. The standard InChI is InChI=1S/C18H37N5.HI/c1-14(2)23-12-16(4)17(13-23)21-18(19-5)20-8-11-22-9-6-15(3)7-10-22;/h14-17H,6-13H2,1-5H3,(H2,19,20,21);1H. The number of guanidine groups is 1. The van der Waals surface area contributed by atoms with Gasteiger partial charge >= 0.3 is 0 Å². The smallest absolute Gasteiger partial charge is 0.191 e. The molecule has 0 aliphatic carbocycles. The first-order chi connectivity index (χ1) is 11.0. The fraction of sp³-hybridized carbons (Fsp3) is 0.944. The van der Waals surface area contributed by atoms with Gasteiger partial charge in [0.15, 0.2) is 5.96 Å². The molecule has 2 saturated heterocycles. The lowest BCUT2D eigenvalue weighted by molar-refractivity contribution is 0.195. The predicted octanol–water partition coefficient (Wildman–Crippen LogP) is 2.23. The maximum atomic E-state index is 4.41. The van der Waals surface area contributed by atoms with Crippen molar-refractivity contribution in [2.24, 2.45) is 16.8 Å². The third-order valence-corrected chi connectivity index (χ3v) is 5.51. The molecule has 0 aromatic carbocycles. The Bertz CT molecular complexity index is 380. The molecule has 0 bridgehead atoms. The van der Waals surface area contributed by atoms with Gasteiger partial charge in [0.2, 0.25) is 0 Å². The molecule has 2 unspecified atom stereocenters. The molecule has 0 spiro atoms. The molecule has 24 heavy (non-hydrogen) atoms. The maximum absolute atomic E-state index is 4.41. The summed E-state index contributed by atoms with van der Waals surface area (Å²) in [6.07, 6.45) is 2.69. The van der Waals surface area contributed by atoms with Crippen LogP contribution in [0.3, 0.4) is 0 Å². The minimum Gasteiger partial charge on any atom is -0.355 e. The lowest BCUT2D eigenvalue weighted by Gasteiger charge is -2.30. The van der Waals surface area contributed by atoms with E-state index in [1.165, 1.54) is 32.5 Å². The van der Waals surface area contributed by atoms with Gasteiger partial charge in [0.05, 0.1) is 0 Å². The lowest BCUT2D eigenvalue weighted by atomic mass is 9.99. The number of hydrogen-bond acceptors (Lipinski definition) is 3. The summed E-state index contributed by atoms with van der Waals surface area (Å²) in [5.74, 6) is 2.53. The Morgan fingerprint density at radius 1 is 1.17 bits per heavy atom. The summed E-state index contributed by atoms with van der Waals surface area (Å²) >= 11 is 0. The first-order valence-electron chi connectivity index (χ1n) is 9.43. The minimum absolute atomic E-state index is 0. The number of nitrogens with zero attached hydrogens (tertiary/aromatic N) is 3. The highest BCUT2D eigenvalue weighted by molar-refractivity contribution is 14.0. The van der Waals surface area contributed by atoms with E-state index >= 15 is 0 Å². The van der Waals surface area contributed by atoms with Crippen LogP contribution in [-0.4, -0.2) is 74.2 Å². The topological polar surface area (TPSA) is 42.9 Å². The van der Waals surface area contributed by atoms with E-state index in [2.05, 4.69) is 53.1 Å². The Kier molecular flexibility index (Phi) is 9.89. The molecule has 0 saturated carbocycles. The number of halogens is 1. The van der Waals surface area contributed by atoms with Gasteiger partial charge in [-0.05, 0) is 51.6 Å². The molecule has 2 rings (SSSR count). The van der Waals surface area contributed by atoms with Crippen molar-refractivity contribution in [3.8, 4) is 0 Å². The van der Waals surface area contributed by atoms with E-state index in [1.807, 2.05) is 7.05 Å². The van der Waals surface area contributed by atoms with Crippen LogP contribution >= 0.6 is 24.0 Å². The summed E-state index contributed by atoms with van der Waals surface area (Å²) in [5, 5.41) is 7.12. The van der Waals surface area contributed by atoms with Crippen LogP contribution in [0.15, 0.2) is 4.99 Å². The van der Waals surface area contributed by atoms with Crippen molar-refractivity contribution in [3.05, 3.63) is 0 Å². The van der Waals surface area contributed by atoms with Crippen LogP contribution in [0.1, 0.15) is 40.5 Å². The van der Waals surface area contributed by atoms with E-state index in [0.29, 0.717) is 18.0 Å². The molecule has 5 nitrogen and oxygen atoms in total. The monoisotopic (exact) mass is 451 g/mol. The van der Waals surface area contributed by atoms with Crippen LogP contribution in [0.4, 0.5) is 0 Å². The van der Waals surface area contributed by atoms with Crippen molar-refractivity contribution in [3.63, 3.8) is 0 Å². The maximum Gasteiger partial charge on any atom is 0.191 e. The van der Waals surface area contributed by atoms with Gasteiger partial charge in [-0.25, -0.2) is 0 Å². The van der Waals surface area contributed by atoms with Crippen molar-refractivity contribution < 1.29 is 0 Å². The van der Waals surface area contributed by atoms with Gasteiger partial charge in [-0.15, -0.1) is 24.0 Å². The van der Waals surface area contributed by atoms with Gasteiger partial charge in [0.1, 0.15) is 0 Å². The largest absolute Gasteiger partial charge is 0.355 e. The van der Waals surface area contributed by atoms with Crippen LogP contribution in [0.5, 0.6) is 0 Å². The van der Waals surface area contributed by atoms with Gasteiger partial charge in [-0.1, -0.05) is 13.8 Å². The average Bonchev–Trinajstić information content (AvgIpc) is 2.89. The van der Waals surface area contributed by atoms with E-state index in [9.17, 15) is 0 Å². The molecule has 0 aromatic rings. The first-order valence-corrected chi connectivity index (χ1v) is 9.43. The molecule has 0 aromatic heterocycles. The van der Waals surface area contributed by atoms with Crippen LogP contribution < -0.4 is 10.6 Å². The van der Waals surface area contributed by atoms with E-state index in [-0.39, 0.29) is 24.0 Å². The second-order valence-corrected chi connectivity index (χ2v) is 7.80. The van der Waals surface area contributed by atoms with Crippen molar-refractivity contribution in [1.29, 1.82) is 0 Å². The Labute approximate surface area is 166 Å². The zero-order valence-electron chi connectivity index (χ0n) is 16.2. The van der Waals surface area contributed by atoms with Gasteiger partial charge in [-0.3, -0.25) is 9.89 Å². The number of rotatable bonds is 5. The fourth-order valence-corrected chi connectivity index (χ4v) is 3.60. The molecule has 142 valence electrons. The number of hydrogen-bond donors (Lipinski definition) is 2. The number of aliphatic imine (C=N–C) groups is 1. The molecule has 2 fully saturated rings. The summed E-state index contributed by atoms with van der Waals surface area (Å²) in [6.45, 7) is 16.1. The third kappa shape index (κ3) is 6.67. The normalized spacial score (nSPS) is 27.3. The molecule has 2 aliphatic rings. The molecule has 6 heteroatoms. The molecule has 2 aliphatic heterocycles. The molecule has 0 radical (unpaired) electrons. The fourth-order valence-electron chi connectivity index (χ4n) is 3.60. The second kappa shape index (κ2) is 10.8. The van der Waals surface area contributed by atoms with E-state index in [1.54, 1.807) is 0 Å². The minimum atomic E-state index is 0. The van der Waals surface area contributed by atoms with Gasteiger partial charge in [-0.2, -0.15) is 0 Å². The van der Waals surface area contributed by atoms with E-state index in [4.69, 9.17) is 0 Å². The van der Waals surface area contributed by atoms with E-state index < -0.39 is 0 Å². The van der Waals surface area contributed by atoms with Gasteiger partial charge < -0.3 is 15.5 Å². The molecule has 2 heterocycles. The van der Waals surface area contributed by atoms with E-state index in [0.717, 1.165) is 31.5 Å². The van der Waals surface area contributed by atoms with Crippen LogP contribution in [0.25, 0.3) is 0 Å². The third-order valence-electron chi connectivity index (χ3n) is 5.51. The summed E-state index contributed by atoms with van der Waals surface area (Å²) < 4.78 is 0. The summed E-state index contributed by atoms with van der Waals surface area (Å²) in [4.78, 5) is 9.52. The highest BCUT2D eigenvalue weighted by atomic mass is 127. The Morgan fingerprint density at radius 2 is 1.83 bits per heavy atom. The Morgan fingerprint density at radius 3 is 2.38 bits per heavy atom. The molecule has 0 amide bonds. The Hall–Kier alpha value is -0.0800. The number of nitrogens with one attached hydrogen (secondary N) is 2. The summed E-state index contributed by atoms with van der Waals surface area (Å²) in [5.41, 5.74) is 0. The molecular formula is C18H38IN5. The van der Waals surface area contributed by atoms with Crippen LogP contribution in [0, 0.1) is 11.8 Å². The van der Waals surface area contributed by atoms with Crippen LogP contribution in [0.2, 0.25) is 0 Å². The van der Waals surface area contributed by atoms with Crippen molar-refractivity contribution in [1.82, 2.24) is 20.4 Å². The highest BCUT2D eigenvalue weighted by Crippen LogP contribution is 2.18. The SMILES string of the molecule is CN=C(NCCN1CCC(C)CC1)NC1CN(C(C)C)CC1C.I. The zero-order valence-corrected chi connectivity index (χ0v) is 18.5. The van der Waals surface area contributed by atoms with Crippen LogP contribution in [-0.2, 0) is 0 Å². The summed E-state index contributed by atoms with van der Waals surface area (Å²) in [7, 11) is 1.87. The molecular weight excluding hydrogens is 413 g/mol. The molecule has 2 N–H and O–H groups in total. The second-order valence-electron chi connectivity index (χ2n) is 7.80. The van der Waals surface area contributed by atoms with Crippen molar-refractivity contribution in [2.75, 3.05) is 46.3 Å².